The van der Waals surface area contributed by atoms with Crippen molar-refractivity contribution in [1.82, 2.24) is 4.72 Å². The summed E-state index contributed by atoms with van der Waals surface area (Å²) in [5, 5.41) is 1.02. The highest BCUT2D eigenvalue weighted by Gasteiger charge is 2.10. The van der Waals surface area contributed by atoms with Gasteiger partial charge in [0.15, 0.2) is 5.17 Å². The molecule has 0 amide bonds. The molecule has 74 valence electrons. The summed E-state index contributed by atoms with van der Waals surface area (Å²) in [6.07, 6.45) is 1.18. The lowest BCUT2D eigenvalue weighted by Crippen LogP contribution is -2.14. The van der Waals surface area contributed by atoms with Crippen molar-refractivity contribution < 1.29 is 0 Å². The van der Waals surface area contributed by atoms with Gasteiger partial charge in [-0.15, -0.1) is 0 Å². The second-order valence-electron chi connectivity index (χ2n) is 2.94. The van der Waals surface area contributed by atoms with Crippen LogP contribution in [0.25, 0.3) is 0 Å². The monoisotopic (exact) mass is 224 g/mol. The Morgan fingerprint density at radius 2 is 2.29 bits per heavy atom. The zero-order valence-electron chi connectivity index (χ0n) is 7.99. The van der Waals surface area contributed by atoms with Gasteiger partial charge in [0.1, 0.15) is 0 Å². The van der Waals surface area contributed by atoms with Crippen molar-refractivity contribution >= 4 is 34.6 Å². The zero-order valence-corrected chi connectivity index (χ0v) is 9.62. The first kappa shape index (κ1) is 9.93. The van der Waals surface area contributed by atoms with E-state index < -0.39 is 0 Å². The van der Waals surface area contributed by atoms with Crippen LogP contribution in [-0.2, 0) is 0 Å². The highest BCUT2D eigenvalue weighted by molar-refractivity contribution is 8.15. The molecule has 0 saturated carbocycles. The molecule has 0 unspecified atom stereocenters. The van der Waals surface area contributed by atoms with E-state index in [9.17, 15) is 0 Å². The van der Waals surface area contributed by atoms with Gasteiger partial charge in [0.25, 0.3) is 0 Å². The largest absolute Gasteiger partial charge is 0.305 e. The van der Waals surface area contributed by atoms with Crippen LogP contribution in [0.15, 0.2) is 34.2 Å². The van der Waals surface area contributed by atoms with Gasteiger partial charge in [-0.25, -0.2) is 4.99 Å². The number of aliphatic imine (C=N–C) groups is 1. The molecule has 0 fully saturated rings. The van der Waals surface area contributed by atoms with Gasteiger partial charge in [0, 0.05) is 5.75 Å². The Morgan fingerprint density at radius 3 is 3.14 bits per heavy atom. The minimum Gasteiger partial charge on any atom is -0.305 e. The third-order valence-electron chi connectivity index (χ3n) is 1.78. The van der Waals surface area contributed by atoms with Crippen molar-refractivity contribution in [3.63, 3.8) is 0 Å². The topological polar surface area (TPSA) is 24.4 Å². The molecule has 1 N–H and O–H groups in total. The minimum atomic E-state index is 1.02. The van der Waals surface area contributed by atoms with Crippen LogP contribution in [0.5, 0.6) is 0 Å². The number of amidine groups is 1. The predicted octanol–water partition coefficient (Wildman–Crippen LogP) is 3.43. The number of benzene rings is 1. The van der Waals surface area contributed by atoms with Gasteiger partial charge in [0.2, 0.25) is 0 Å². The van der Waals surface area contributed by atoms with Crippen LogP contribution in [0.3, 0.4) is 0 Å². The summed E-state index contributed by atoms with van der Waals surface area (Å²) >= 11 is 3.42. The maximum Gasteiger partial charge on any atom is 0.172 e. The average molecular weight is 224 g/mol. The Labute approximate surface area is 92.7 Å². The number of nitrogens with zero attached hydrogens (tertiary/aromatic N) is 1. The van der Waals surface area contributed by atoms with Gasteiger partial charge in [-0.05, 0) is 30.5 Å². The fourth-order valence-corrected chi connectivity index (χ4v) is 2.66. The molecule has 4 heteroatoms. The molecular formula is C10H12N2S2. The maximum absolute atomic E-state index is 4.53. The number of hydrogen-bond donors (Lipinski definition) is 1. The SMILES string of the molecule is CCCSC1=Nc2ccccc2SN1. The van der Waals surface area contributed by atoms with Gasteiger partial charge < -0.3 is 4.72 Å². The summed E-state index contributed by atoms with van der Waals surface area (Å²) in [7, 11) is 0. The highest BCUT2D eigenvalue weighted by Crippen LogP contribution is 2.32. The van der Waals surface area contributed by atoms with Crippen LogP contribution in [0, 0.1) is 0 Å². The van der Waals surface area contributed by atoms with Crippen molar-refractivity contribution in [3.8, 4) is 0 Å². The third kappa shape index (κ3) is 2.25. The van der Waals surface area contributed by atoms with E-state index in [0.717, 1.165) is 16.6 Å². The number of nitrogens with one attached hydrogen (secondary N) is 1. The van der Waals surface area contributed by atoms with Crippen LogP contribution in [-0.4, -0.2) is 10.9 Å². The van der Waals surface area contributed by atoms with Crippen LogP contribution < -0.4 is 4.72 Å². The number of para-hydroxylation sites is 1. The van der Waals surface area contributed by atoms with Crippen molar-refractivity contribution in [1.29, 1.82) is 0 Å². The molecule has 1 aromatic rings. The Morgan fingerprint density at radius 1 is 1.43 bits per heavy atom. The molecule has 0 atom stereocenters. The van der Waals surface area contributed by atoms with E-state index in [1.165, 1.54) is 11.3 Å². The molecule has 0 aromatic heterocycles. The quantitative estimate of drug-likeness (QED) is 0.779. The average Bonchev–Trinajstić information content (AvgIpc) is 2.26. The molecule has 14 heavy (non-hydrogen) atoms. The second-order valence-corrected chi connectivity index (χ2v) is 4.87. The Hall–Kier alpha value is -0.610. The molecule has 1 heterocycles. The Kier molecular flexibility index (Phi) is 3.37. The summed E-state index contributed by atoms with van der Waals surface area (Å²) in [6, 6.07) is 8.19. The number of rotatable bonds is 2. The molecule has 1 aliphatic heterocycles. The fourth-order valence-electron chi connectivity index (χ4n) is 1.13. The van der Waals surface area contributed by atoms with Crippen LogP contribution in [0.1, 0.15) is 13.3 Å². The molecular weight excluding hydrogens is 212 g/mol. The summed E-state index contributed by atoms with van der Waals surface area (Å²) in [6.45, 7) is 2.18. The van der Waals surface area contributed by atoms with Gasteiger partial charge in [-0.1, -0.05) is 30.8 Å². The number of fused-ring (bicyclic) bond motifs is 1. The Balaban J connectivity index is 2.14. The number of hydrogen-bond acceptors (Lipinski definition) is 4. The minimum absolute atomic E-state index is 1.02. The summed E-state index contributed by atoms with van der Waals surface area (Å²) in [5.41, 5.74) is 1.08. The molecule has 2 nitrogen and oxygen atoms in total. The molecule has 1 aliphatic rings. The van der Waals surface area contributed by atoms with Gasteiger partial charge >= 0.3 is 0 Å². The van der Waals surface area contributed by atoms with Gasteiger partial charge in [0.05, 0.1) is 10.6 Å². The van der Waals surface area contributed by atoms with Crippen molar-refractivity contribution in [2.75, 3.05) is 5.75 Å². The van der Waals surface area contributed by atoms with E-state index in [4.69, 9.17) is 0 Å². The van der Waals surface area contributed by atoms with E-state index >= 15 is 0 Å². The Bertz CT molecular complexity index is 350. The zero-order chi connectivity index (χ0) is 9.80. The standard InChI is InChI=1S/C10H12N2S2/c1-2-7-13-10-11-8-5-3-4-6-9(8)14-12-10/h3-6H,2,7H2,1H3,(H,11,12). The molecule has 2 rings (SSSR count). The van der Waals surface area contributed by atoms with Gasteiger partial charge in [-0.3, -0.25) is 0 Å². The van der Waals surface area contributed by atoms with E-state index in [2.05, 4.69) is 28.8 Å². The van der Waals surface area contributed by atoms with E-state index in [-0.39, 0.29) is 0 Å². The lowest BCUT2D eigenvalue weighted by molar-refractivity contribution is 1.11. The van der Waals surface area contributed by atoms with Crippen LogP contribution in [0.4, 0.5) is 5.69 Å². The lowest BCUT2D eigenvalue weighted by atomic mass is 10.3. The number of thioether (sulfide) groups is 1. The predicted molar refractivity (Wildman–Crippen MR) is 65.3 cm³/mol. The van der Waals surface area contributed by atoms with Crippen LogP contribution >= 0.6 is 23.7 Å². The van der Waals surface area contributed by atoms with E-state index in [0.29, 0.717) is 0 Å². The first-order valence-corrected chi connectivity index (χ1v) is 6.43. The summed E-state index contributed by atoms with van der Waals surface area (Å²) in [5.74, 6) is 1.12. The normalized spacial score (nSPS) is 14.2. The first-order chi connectivity index (χ1) is 6.90. The lowest BCUT2D eigenvalue weighted by Gasteiger charge is -2.15. The van der Waals surface area contributed by atoms with Crippen molar-refractivity contribution in [3.05, 3.63) is 24.3 Å². The fraction of sp³-hybridized carbons (Fsp3) is 0.300. The molecule has 0 radical (unpaired) electrons. The highest BCUT2D eigenvalue weighted by atomic mass is 32.2. The third-order valence-corrected chi connectivity index (χ3v) is 3.85. The summed E-state index contributed by atoms with van der Waals surface area (Å²) in [4.78, 5) is 5.73. The van der Waals surface area contributed by atoms with Crippen molar-refractivity contribution in [2.24, 2.45) is 4.99 Å². The van der Waals surface area contributed by atoms with Crippen molar-refractivity contribution in [2.45, 2.75) is 18.2 Å². The molecule has 1 aromatic carbocycles. The second kappa shape index (κ2) is 4.75. The van der Waals surface area contributed by atoms with E-state index in [1.54, 1.807) is 23.7 Å². The summed E-state index contributed by atoms with van der Waals surface area (Å²) < 4.78 is 3.24. The maximum atomic E-state index is 4.53. The van der Waals surface area contributed by atoms with Gasteiger partial charge in [-0.2, -0.15) is 0 Å². The molecule has 0 bridgehead atoms. The smallest absolute Gasteiger partial charge is 0.172 e. The van der Waals surface area contributed by atoms with Crippen LogP contribution in [0.2, 0.25) is 0 Å². The molecule has 0 saturated heterocycles. The first-order valence-electron chi connectivity index (χ1n) is 4.63. The molecule has 0 aliphatic carbocycles. The molecule has 0 spiro atoms. The van der Waals surface area contributed by atoms with E-state index in [1.807, 2.05) is 12.1 Å².